The Bertz CT molecular complexity index is 411. The number of nitrogens with one attached hydrogen (secondary N) is 1. The van der Waals surface area contributed by atoms with E-state index in [2.05, 4.69) is 15.7 Å². The molecule has 0 saturated carbocycles. The molecule has 0 aliphatic rings. The van der Waals surface area contributed by atoms with E-state index in [-0.39, 0.29) is 6.61 Å². The van der Waals surface area contributed by atoms with Crippen molar-refractivity contribution in [2.45, 2.75) is 19.6 Å². The molecular weight excluding hydrogens is 224 g/mol. The van der Waals surface area contributed by atoms with Gasteiger partial charge in [-0.3, -0.25) is 0 Å². The van der Waals surface area contributed by atoms with Crippen molar-refractivity contribution < 1.29 is 9.52 Å². The lowest BCUT2D eigenvalue weighted by atomic mass is 10.3. The molecule has 2 aromatic heterocycles. The molecule has 0 saturated heterocycles. The highest BCUT2D eigenvalue weighted by Crippen LogP contribution is 2.07. The van der Waals surface area contributed by atoms with Crippen molar-refractivity contribution in [2.24, 2.45) is 0 Å². The number of aliphatic hydroxyl groups excluding tert-OH is 1. The molecule has 0 bridgehead atoms. The van der Waals surface area contributed by atoms with Gasteiger partial charge in [0.2, 0.25) is 0 Å². The van der Waals surface area contributed by atoms with Crippen LogP contribution in [0.4, 0.5) is 0 Å². The summed E-state index contributed by atoms with van der Waals surface area (Å²) in [6.45, 7) is 1.52. The van der Waals surface area contributed by atoms with Crippen LogP contribution in [-0.4, -0.2) is 16.6 Å². The summed E-state index contributed by atoms with van der Waals surface area (Å²) in [5, 5.41) is 14.1. The Kier molecular flexibility index (Phi) is 4.10. The lowest BCUT2D eigenvalue weighted by Gasteiger charge is -2.00. The number of aromatic nitrogens is 1. The Morgan fingerprint density at radius 3 is 2.94 bits per heavy atom. The van der Waals surface area contributed by atoms with Crippen molar-refractivity contribution in [1.82, 2.24) is 10.3 Å². The van der Waals surface area contributed by atoms with Crippen molar-refractivity contribution in [3.05, 3.63) is 40.2 Å². The van der Waals surface area contributed by atoms with E-state index in [9.17, 15) is 0 Å². The van der Waals surface area contributed by atoms with Crippen LogP contribution in [0.15, 0.2) is 27.4 Å². The fraction of sp³-hybridized carbons (Fsp3) is 0.364. The SMILES string of the molecule is OCc1ccc(CNCCc2cscn2)o1. The third-order valence-electron chi connectivity index (χ3n) is 2.21. The zero-order chi connectivity index (χ0) is 11.2. The molecule has 2 aromatic rings. The Morgan fingerprint density at radius 2 is 2.25 bits per heavy atom. The van der Waals surface area contributed by atoms with Crippen LogP contribution in [0.2, 0.25) is 0 Å². The number of thiazole rings is 1. The Labute approximate surface area is 97.9 Å². The third kappa shape index (κ3) is 3.16. The first kappa shape index (κ1) is 11.3. The van der Waals surface area contributed by atoms with Crippen LogP contribution in [0.3, 0.4) is 0 Å². The summed E-state index contributed by atoms with van der Waals surface area (Å²) in [6.07, 6.45) is 0.928. The van der Waals surface area contributed by atoms with Crippen molar-refractivity contribution >= 4 is 11.3 Å². The van der Waals surface area contributed by atoms with Crippen LogP contribution in [0, 0.1) is 0 Å². The maximum absolute atomic E-state index is 8.83. The summed E-state index contributed by atoms with van der Waals surface area (Å²) < 4.78 is 5.34. The van der Waals surface area contributed by atoms with Gasteiger partial charge in [0.05, 0.1) is 17.7 Å². The second-order valence-corrected chi connectivity index (χ2v) is 4.15. The van der Waals surface area contributed by atoms with Gasteiger partial charge in [-0.1, -0.05) is 0 Å². The maximum Gasteiger partial charge on any atom is 0.129 e. The predicted octanol–water partition coefficient (Wildman–Crippen LogP) is 1.56. The summed E-state index contributed by atoms with van der Waals surface area (Å²) in [5.74, 6) is 1.46. The normalized spacial score (nSPS) is 10.8. The molecule has 16 heavy (non-hydrogen) atoms. The molecular formula is C11H14N2O2S. The van der Waals surface area contributed by atoms with E-state index in [4.69, 9.17) is 9.52 Å². The number of aliphatic hydroxyl groups is 1. The predicted molar refractivity (Wildman–Crippen MR) is 62.2 cm³/mol. The molecule has 5 heteroatoms. The zero-order valence-electron chi connectivity index (χ0n) is 8.85. The van der Waals surface area contributed by atoms with Gasteiger partial charge in [-0.15, -0.1) is 11.3 Å². The van der Waals surface area contributed by atoms with Gasteiger partial charge in [-0.2, -0.15) is 0 Å². The molecule has 0 aromatic carbocycles. The Balaban J connectivity index is 1.68. The van der Waals surface area contributed by atoms with Crippen LogP contribution < -0.4 is 5.32 Å². The van der Waals surface area contributed by atoms with Gasteiger partial charge >= 0.3 is 0 Å². The van der Waals surface area contributed by atoms with Gasteiger partial charge in [-0.25, -0.2) is 4.98 Å². The van der Waals surface area contributed by atoms with Crippen molar-refractivity contribution in [3.8, 4) is 0 Å². The minimum Gasteiger partial charge on any atom is -0.462 e. The van der Waals surface area contributed by atoms with Gasteiger partial charge in [0.15, 0.2) is 0 Å². The first-order chi connectivity index (χ1) is 7.88. The van der Waals surface area contributed by atoms with Crippen LogP contribution in [0.25, 0.3) is 0 Å². The molecule has 0 atom stereocenters. The minimum absolute atomic E-state index is 0.0428. The molecule has 0 unspecified atom stereocenters. The third-order valence-corrected chi connectivity index (χ3v) is 2.85. The molecule has 86 valence electrons. The van der Waals surface area contributed by atoms with E-state index in [1.807, 2.05) is 11.6 Å². The van der Waals surface area contributed by atoms with Crippen LogP contribution in [0.5, 0.6) is 0 Å². The average Bonchev–Trinajstić information content (AvgIpc) is 2.95. The number of nitrogens with zero attached hydrogens (tertiary/aromatic N) is 1. The molecule has 0 aliphatic heterocycles. The average molecular weight is 238 g/mol. The van der Waals surface area contributed by atoms with Gasteiger partial charge < -0.3 is 14.8 Å². The number of hydrogen-bond acceptors (Lipinski definition) is 5. The molecule has 2 rings (SSSR count). The van der Waals surface area contributed by atoms with Crippen molar-refractivity contribution in [2.75, 3.05) is 6.54 Å². The molecule has 0 aliphatic carbocycles. The quantitative estimate of drug-likeness (QED) is 0.750. The van der Waals surface area contributed by atoms with Gasteiger partial charge in [0.1, 0.15) is 18.1 Å². The van der Waals surface area contributed by atoms with E-state index in [1.165, 1.54) is 0 Å². The molecule has 2 heterocycles. The fourth-order valence-corrected chi connectivity index (χ4v) is 1.98. The zero-order valence-corrected chi connectivity index (χ0v) is 9.67. The largest absolute Gasteiger partial charge is 0.462 e. The highest BCUT2D eigenvalue weighted by molar-refractivity contribution is 7.07. The maximum atomic E-state index is 8.83. The fourth-order valence-electron chi connectivity index (χ4n) is 1.39. The van der Waals surface area contributed by atoms with E-state index < -0.39 is 0 Å². The van der Waals surface area contributed by atoms with Gasteiger partial charge in [0, 0.05) is 18.3 Å². The van der Waals surface area contributed by atoms with E-state index in [0.29, 0.717) is 12.3 Å². The lowest BCUT2D eigenvalue weighted by Crippen LogP contribution is -2.16. The van der Waals surface area contributed by atoms with Crippen molar-refractivity contribution in [1.29, 1.82) is 0 Å². The van der Waals surface area contributed by atoms with Gasteiger partial charge in [0.25, 0.3) is 0 Å². The van der Waals surface area contributed by atoms with E-state index in [0.717, 1.165) is 24.4 Å². The lowest BCUT2D eigenvalue weighted by molar-refractivity contribution is 0.243. The molecule has 0 amide bonds. The number of rotatable bonds is 6. The first-order valence-electron chi connectivity index (χ1n) is 5.14. The summed E-state index contributed by atoms with van der Waals surface area (Å²) in [6, 6.07) is 3.67. The Morgan fingerprint density at radius 1 is 1.38 bits per heavy atom. The number of hydrogen-bond donors (Lipinski definition) is 2. The summed E-state index contributed by atoms with van der Waals surface area (Å²) in [4.78, 5) is 4.20. The summed E-state index contributed by atoms with van der Waals surface area (Å²) in [5.41, 5.74) is 2.96. The summed E-state index contributed by atoms with van der Waals surface area (Å²) in [7, 11) is 0. The molecule has 0 spiro atoms. The summed E-state index contributed by atoms with van der Waals surface area (Å²) >= 11 is 1.62. The highest BCUT2D eigenvalue weighted by Gasteiger charge is 2.00. The van der Waals surface area contributed by atoms with E-state index in [1.54, 1.807) is 17.4 Å². The molecule has 2 N–H and O–H groups in total. The van der Waals surface area contributed by atoms with Crippen LogP contribution >= 0.6 is 11.3 Å². The monoisotopic (exact) mass is 238 g/mol. The van der Waals surface area contributed by atoms with Crippen molar-refractivity contribution in [3.63, 3.8) is 0 Å². The van der Waals surface area contributed by atoms with E-state index >= 15 is 0 Å². The topological polar surface area (TPSA) is 58.3 Å². The smallest absolute Gasteiger partial charge is 0.129 e. The molecule has 0 radical (unpaired) electrons. The standard InChI is InChI=1S/C11H14N2O2S/c14-6-11-2-1-10(15-11)5-12-4-3-9-7-16-8-13-9/h1-2,7-8,12,14H,3-6H2. The first-order valence-corrected chi connectivity index (χ1v) is 6.09. The van der Waals surface area contributed by atoms with Crippen LogP contribution in [-0.2, 0) is 19.6 Å². The number of furan rings is 1. The Hall–Kier alpha value is -1.17. The molecule has 0 fully saturated rings. The van der Waals surface area contributed by atoms with Gasteiger partial charge in [-0.05, 0) is 12.1 Å². The molecule has 4 nitrogen and oxygen atoms in total. The highest BCUT2D eigenvalue weighted by atomic mass is 32.1. The minimum atomic E-state index is -0.0428. The second kappa shape index (κ2) is 5.79. The second-order valence-electron chi connectivity index (χ2n) is 3.43. The van der Waals surface area contributed by atoms with Crippen LogP contribution in [0.1, 0.15) is 17.2 Å².